The minimum Gasteiger partial charge on any atom is -0.386 e. The van der Waals surface area contributed by atoms with Crippen LogP contribution >= 0.6 is 11.6 Å². The number of rotatable bonds is 5. The third-order valence-electron chi connectivity index (χ3n) is 2.39. The van der Waals surface area contributed by atoms with E-state index in [4.69, 9.17) is 16.9 Å². The van der Waals surface area contributed by atoms with Crippen LogP contribution in [0.1, 0.15) is 5.56 Å². The van der Waals surface area contributed by atoms with Gasteiger partial charge in [0.05, 0.1) is 0 Å². The number of nitrogens with zero attached hydrogens (tertiary/aromatic N) is 1. The van der Waals surface area contributed by atoms with Crippen LogP contribution in [-0.2, 0) is 4.79 Å². The first-order chi connectivity index (χ1) is 9.10. The van der Waals surface area contributed by atoms with E-state index < -0.39 is 5.91 Å². The van der Waals surface area contributed by atoms with E-state index >= 15 is 0 Å². The van der Waals surface area contributed by atoms with Crippen molar-refractivity contribution in [3.63, 3.8) is 0 Å². The Hall–Kier alpha value is -2.25. The largest absolute Gasteiger partial charge is 0.386 e. The number of amides is 1. The van der Waals surface area contributed by atoms with Gasteiger partial charge in [0.25, 0.3) is 5.91 Å². The fourth-order valence-electron chi connectivity index (χ4n) is 1.33. The van der Waals surface area contributed by atoms with Gasteiger partial charge < -0.3 is 10.6 Å². The molecule has 0 unspecified atom stereocenters. The molecule has 0 aliphatic heterocycles. The van der Waals surface area contributed by atoms with E-state index in [1.807, 2.05) is 6.07 Å². The summed E-state index contributed by atoms with van der Waals surface area (Å²) in [5.74, 6) is -0.482. The smallest absolute Gasteiger partial charge is 0.267 e. The second kappa shape index (κ2) is 7.24. The van der Waals surface area contributed by atoms with Crippen LogP contribution in [0.15, 0.2) is 42.6 Å². The van der Waals surface area contributed by atoms with E-state index in [1.165, 1.54) is 6.20 Å². The predicted octanol–water partition coefficient (Wildman–Crippen LogP) is 2.77. The number of carbonyl (C=O) groups is 1. The maximum absolute atomic E-state index is 11.9. The summed E-state index contributed by atoms with van der Waals surface area (Å²) in [6.45, 7) is 5.80. The molecular formula is C14H14ClN3O. The van der Waals surface area contributed by atoms with Crippen molar-refractivity contribution in [2.45, 2.75) is 6.92 Å². The molecule has 0 aromatic heterocycles. The molecule has 0 bridgehead atoms. The second-order valence-electron chi connectivity index (χ2n) is 3.73. The van der Waals surface area contributed by atoms with E-state index in [9.17, 15) is 4.79 Å². The normalized spacial score (nSPS) is 10.5. The van der Waals surface area contributed by atoms with Crippen molar-refractivity contribution in [2.24, 2.45) is 0 Å². The van der Waals surface area contributed by atoms with Gasteiger partial charge in [0.15, 0.2) is 0 Å². The summed E-state index contributed by atoms with van der Waals surface area (Å²) in [7, 11) is 0. The van der Waals surface area contributed by atoms with E-state index in [2.05, 4.69) is 17.2 Å². The molecule has 0 radical (unpaired) electrons. The lowest BCUT2D eigenvalue weighted by Gasteiger charge is -2.08. The fraction of sp³-hybridized carbons (Fsp3) is 0.143. The predicted molar refractivity (Wildman–Crippen MR) is 76.7 cm³/mol. The van der Waals surface area contributed by atoms with Crippen LogP contribution in [0.3, 0.4) is 0 Å². The molecule has 0 fully saturated rings. The highest BCUT2D eigenvalue weighted by molar-refractivity contribution is 6.31. The van der Waals surface area contributed by atoms with Gasteiger partial charge in [0.2, 0.25) is 0 Å². The average Bonchev–Trinajstić information content (AvgIpc) is 2.40. The SMILES string of the molecule is C=CCN/C=C(/C#N)C(=O)Nc1cccc(Cl)c1C. The molecule has 0 aliphatic rings. The van der Waals surface area contributed by atoms with Crippen molar-refractivity contribution < 1.29 is 4.79 Å². The molecule has 19 heavy (non-hydrogen) atoms. The summed E-state index contributed by atoms with van der Waals surface area (Å²) in [4.78, 5) is 11.9. The first-order valence-corrected chi connectivity index (χ1v) is 5.99. The van der Waals surface area contributed by atoms with Gasteiger partial charge in [-0.25, -0.2) is 0 Å². The van der Waals surface area contributed by atoms with Gasteiger partial charge in [-0.1, -0.05) is 23.7 Å². The zero-order chi connectivity index (χ0) is 14.3. The summed E-state index contributed by atoms with van der Waals surface area (Å²) in [6, 6.07) is 7.03. The number of halogens is 1. The van der Waals surface area contributed by atoms with Gasteiger partial charge in [-0.05, 0) is 24.6 Å². The molecule has 1 aromatic carbocycles. The molecule has 1 rings (SSSR count). The number of hydrogen-bond acceptors (Lipinski definition) is 3. The van der Waals surface area contributed by atoms with Crippen LogP contribution in [0.2, 0.25) is 5.02 Å². The van der Waals surface area contributed by atoms with Crippen LogP contribution in [0, 0.1) is 18.3 Å². The molecule has 0 heterocycles. The molecule has 0 spiro atoms. The highest BCUT2D eigenvalue weighted by Crippen LogP contribution is 2.23. The lowest BCUT2D eigenvalue weighted by Crippen LogP contribution is -2.17. The van der Waals surface area contributed by atoms with Gasteiger partial charge in [-0.15, -0.1) is 6.58 Å². The summed E-state index contributed by atoms with van der Waals surface area (Å²) in [6.07, 6.45) is 2.99. The van der Waals surface area contributed by atoms with E-state index in [1.54, 1.807) is 31.2 Å². The number of carbonyl (C=O) groups excluding carboxylic acids is 1. The molecule has 98 valence electrons. The number of hydrogen-bond donors (Lipinski definition) is 2. The molecule has 4 nitrogen and oxygen atoms in total. The Labute approximate surface area is 117 Å². The van der Waals surface area contributed by atoms with Crippen LogP contribution in [-0.4, -0.2) is 12.5 Å². The van der Waals surface area contributed by atoms with Crippen LogP contribution in [0.5, 0.6) is 0 Å². The Morgan fingerprint density at radius 3 is 2.95 bits per heavy atom. The number of benzene rings is 1. The molecule has 0 saturated carbocycles. The lowest BCUT2D eigenvalue weighted by atomic mass is 10.2. The van der Waals surface area contributed by atoms with Crippen molar-refractivity contribution >= 4 is 23.2 Å². The van der Waals surface area contributed by atoms with Gasteiger partial charge >= 0.3 is 0 Å². The molecule has 0 saturated heterocycles. The van der Waals surface area contributed by atoms with E-state index in [0.29, 0.717) is 17.3 Å². The molecular weight excluding hydrogens is 262 g/mol. The molecule has 5 heteroatoms. The quantitative estimate of drug-likeness (QED) is 0.376. The highest BCUT2D eigenvalue weighted by atomic mass is 35.5. The zero-order valence-corrected chi connectivity index (χ0v) is 11.3. The van der Waals surface area contributed by atoms with E-state index in [-0.39, 0.29) is 5.57 Å². The van der Waals surface area contributed by atoms with Crippen molar-refractivity contribution in [1.29, 1.82) is 5.26 Å². The standard InChI is InChI=1S/C14H14ClN3O/c1-3-7-17-9-11(8-16)14(19)18-13-6-4-5-12(15)10(13)2/h3-6,9,17H,1,7H2,2H3,(H,18,19)/b11-9-. The summed E-state index contributed by atoms with van der Waals surface area (Å²) in [5, 5.41) is 14.9. The van der Waals surface area contributed by atoms with Crippen molar-refractivity contribution in [3.05, 3.63) is 53.2 Å². The Kier molecular flexibility index (Phi) is 5.65. The van der Waals surface area contributed by atoms with Crippen molar-refractivity contribution in [3.8, 4) is 6.07 Å². The summed E-state index contributed by atoms with van der Waals surface area (Å²) < 4.78 is 0. The Balaban J connectivity index is 2.83. The topological polar surface area (TPSA) is 64.9 Å². The Bertz CT molecular complexity index is 558. The summed E-state index contributed by atoms with van der Waals surface area (Å²) >= 11 is 5.96. The maximum Gasteiger partial charge on any atom is 0.267 e. The van der Waals surface area contributed by atoms with Gasteiger partial charge in [-0.3, -0.25) is 4.79 Å². The molecule has 0 aliphatic carbocycles. The van der Waals surface area contributed by atoms with Crippen LogP contribution < -0.4 is 10.6 Å². The van der Waals surface area contributed by atoms with Crippen LogP contribution in [0.4, 0.5) is 5.69 Å². The third-order valence-corrected chi connectivity index (χ3v) is 2.80. The van der Waals surface area contributed by atoms with Crippen molar-refractivity contribution in [2.75, 3.05) is 11.9 Å². The molecule has 1 aromatic rings. The molecule has 0 atom stereocenters. The van der Waals surface area contributed by atoms with Crippen molar-refractivity contribution in [1.82, 2.24) is 5.32 Å². The van der Waals surface area contributed by atoms with Gasteiger partial charge in [-0.2, -0.15) is 5.26 Å². The monoisotopic (exact) mass is 275 g/mol. The maximum atomic E-state index is 11.9. The van der Waals surface area contributed by atoms with Gasteiger partial charge in [0.1, 0.15) is 11.6 Å². The first kappa shape index (κ1) is 14.8. The Morgan fingerprint density at radius 2 is 2.32 bits per heavy atom. The number of anilines is 1. The third kappa shape index (κ3) is 4.16. The Morgan fingerprint density at radius 1 is 1.58 bits per heavy atom. The molecule has 2 N–H and O–H groups in total. The second-order valence-corrected chi connectivity index (χ2v) is 4.14. The lowest BCUT2D eigenvalue weighted by molar-refractivity contribution is -0.112. The average molecular weight is 276 g/mol. The fourth-order valence-corrected chi connectivity index (χ4v) is 1.50. The minimum absolute atomic E-state index is 0.0128. The number of nitrogens with one attached hydrogen (secondary N) is 2. The van der Waals surface area contributed by atoms with E-state index in [0.717, 1.165) is 5.56 Å². The highest BCUT2D eigenvalue weighted by Gasteiger charge is 2.11. The minimum atomic E-state index is -0.482. The first-order valence-electron chi connectivity index (χ1n) is 5.61. The van der Waals surface area contributed by atoms with Gasteiger partial charge in [0, 0.05) is 23.5 Å². The number of nitriles is 1. The zero-order valence-electron chi connectivity index (χ0n) is 10.5. The summed E-state index contributed by atoms with van der Waals surface area (Å²) in [5.41, 5.74) is 1.33. The van der Waals surface area contributed by atoms with Crippen LogP contribution in [0.25, 0.3) is 0 Å². The molecule has 1 amide bonds.